The summed E-state index contributed by atoms with van der Waals surface area (Å²) in [7, 11) is 0. The van der Waals surface area contributed by atoms with Crippen LogP contribution in [0.5, 0.6) is 0 Å². The average molecular weight is 272 g/mol. The van der Waals surface area contributed by atoms with Crippen molar-refractivity contribution in [1.29, 1.82) is 0 Å². The van der Waals surface area contributed by atoms with Crippen LogP contribution in [0.2, 0.25) is 5.02 Å². The summed E-state index contributed by atoms with van der Waals surface area (Å²) in [5.41, 5.74) is 2.05. The van der Waals surface area contributed by atoms with Crippen molar-refractivity contribution in [3.05, 3.63) is 65.2 Å². The first kappa shape index (κ1) is 12.2. The zero-order valence-electron chi connectivity index (χ0n) is 10.3. The van der Waals surface area contributed by atoms with Gasteiger partial charge >= 0.3 is 0 Å². The lowest BCUT2D eigenvalue weighted by atomic mass is 10.1. The Morgan fingerprint density at radius 2 is 1.74 bits per heavy atom. The van der Waals surface area contributed by atoms with Gasteiger partial charge in [-0.3, -0.25) is 4.79 Å². The van der Waals surface area contributed by atoms with Gasteiger partial charge in [0, 0.05) is 16.6 Å². The molecular formula is C16H14ClNO. The van der Waals surface area contributed by atoms with Crippen molar-refractivity contribution in [2.24, 2.45) is 5.92 Å². The Morgan fingerprint density at radius 1 is 1.05 bits per heavy atom. The number of hydrogen-bond acceptors (Lipinski definition) is 1. The molecule has 3 rings (SSSR count). The van der Waals surface area contributed by atoms with Gasteiger partial charge in [-0.25, -0.2) is 0 Å². The van der Waals surface area contributed by atoms with Gasteiger partial charge in [0.1, 0.15) is 0 Å². The summed E-state index contributed by atoms with van der Waals surface area (Å²) in [5.74, 6) is 0.558. The van der Waals surface area contributed by atoms with Crippen LogP contribution in [0, 0.1) is 5.92 Å². The van der Waals surface area contributed by atoms with Gasteiger partial charge in [0.25, 0.3) is 0 Å². The highest BCUT2D eigenvalue weighted by Gasteiger charge is 2.43. The number of amides is 1. The van der Waals surface area contributed by atoms with E-state index in [4.69, 9.17) is 11.6 Å². The predicted octanol–water partition coefficient (Wildman–Crippen LogP) is 4.08. The van der Waals surface area contributed by atoms with E-state index in [0.717, 1.165) is 12.1 Å². The fourth-order valence-electron chi connectivity index (χ4n) is 2.32. The number of carbonyl (C=O) groups excluding carboxylic acids is 1. The quantitative estimate of drug-likeness (QED) is 0.895. The van der Waals surface area contributed by atoms with Crippen molar-refractivity contribution in [3.63, 3.8) is 0 Å². The summed E-state index contributed by atoms with van der Waals surface area (Å²) in [6.07, 6.45) is 0.934. The summed E-state index contributed by atoms with van der Waals surface area (Å²) < 4.78 is 0. The molecule has 0 heterocycles. The minimum atomic E-state index is 0.0937. The van der Waals surface area contributed by atoms with Crippen LogP contribution in [-0.4, -0.2) is 5.91 Å². The fraction of sp³-hybridized carbons (Fsp3) is 0.188. The minimum Gasteiger partial charge on any atom is -0.326 e. The van der Waals surface area contributed by atoms with Crippen LogP contribution < -0.4 is 5.32 Å². The number of halogens is 1. The SMILES string of the molecule is O=C(Nc1ccc(Cl)cc1)[C@@H]1C[C@@H]1c1ccccc1. The Bertz CT molecular complexity index is 579. The van der Waals surface area contributed by atoms with Gasteiger partial charge in [-0.05, 0) is 42.2 Å². The van der Waals surface area contributed by atoms with Gasteiger partial charge < -0.3 is 5.32 Å². The lowest BCUT2D eigenvalue weighted by Crippen LogP contribution is -2.14. The molecule has 1 fully saturated rings. The third-order valence-corrected chi connectivity index (χ3v) is 3.72. The van der Waals surface area contributed by atoms with E-state index in [0.29, 0.717) is 10.9 Å². The van der Waals surface area contributed by atoms with Gasteiger partial charge in [0.05, 0.1) is 0 Å². The molecule has 2 nitrogen and oxygen atoms in total. The molecule has 0 unspecified atom stereocenters. The van der Waals surface area contributed by atoms with Crippen LogP contribution in [0.1, 0.15) is 17.9 Å². The van der Waals surface area contributed by atoms with Gasteiger partial charge in [-0.2, -0.15) is 0 Å². The predicted molar refractivity (Wildman–Crippen MR) is 77.4 cm³/mol. The lowest BCUT2D eigenvalue weighted by molar-refractivity contribution is -0.117. The second kappa shape index (κ2) is 5.06. The molecular weight excluding hydrogens is 258 g/mol. The molecule has 0 bridgehead atoms. The van der Waals surface area contributed by atoms with E-state index in [2.05, 4.69) is 17.4 Å². The standard InChI is InChI=1S/C16H14ClNO/c17-12-6-8-13(9-7-12)18-16(19)15-10-14(15)11-4-2-1-3-5-11/h1-9,14-15H,10H2,(H,18,19)/t14-,15-/m1/s1. The number of anilines is 1. The molecule has 0 aromatic heterocycles. The average Bonchev–Trinajstić information content (AvgIpc) is 3.23. The molecule has 1 N–H and O–H groups in total. The third-order valence-electron chi connectivity index (χ3n) is 3.47. The molecule has 1 amide bonds. The number of nitrogens with one attached hydrogen (secondary N) is 1. The summed E-state index contributed by atoms with van der Waals surface area (Å²) in [4.78, 5) is 12.1. The van der Waals surface area contributed by atoms with Crippen LogP contribution in [0.15, 0.2) is 54.6 Å². The largest absolute Gasteiger partial charge is 0.326 e. The summed E-state index contributed by atoms with van der Waals surface area (Å²) >= 11 is 5.81. The molecule has 1 saturated carbocycles. The summed E-state index contributed by atoms with van der Waals surface area (Å²) in [6, 6.07) is 17.4. The second-order valence-electron chi connectivity index (χ2n) is 4.86. The van der Waals surface area contributed by atoms with E-state index >= 15 is 0 Å². The van der Waals surface area contributed by atoms with Gasteiger partial charge in [-0.1, -0.05) is 41.9 Å². The maximum absolute atomic E-state index is 12.1. The van der Waals surface area contributed by atoms with Crippen molar-refractivity contribution in [3.8, 4) is 0 Å². The monoisotopic (exact) mass is 271 g/mol. The summed E-state index contributed by atoms with van der Waals surface area (Å²) in [5, 5.41) is 3.61. The van der Waals surface area contributed by atoms with Crippen LogP contribution in [0.25, 0.3) is 0 Å². The molecule has 2 aromatic rings. The Balaban J connectivity index is 1.63. The minimum absolute atomic E-state index is 0.0937. The van der Waals surface area contributed by atoms with Gasteiger partial charge in [0.2, 0.25) is 5.91 Å². The van der Waals surface area contributed by atoms with E-state index in [1.165, 1.54) is 5.56 Å². The lowest BCUT2D eigenvalue weighted by Gasteiger charge is -2.05. The first-order valence-electron chi connectivity index (χ1n) is 6.35. The topological polar surface area (TPSA) is 29.1 Å². The van der Waals surface area contributed by atoms with E-state index in [1.807, 2.05) is 30.3 Å². The zero-order valence-corrected chi connectivity index (χ0v) is 11.1. The number of hydrogen-bond donors (Lipinski definition) is 1. The molecule has 0 saturated heterocycles. The summed E-state index contributed by atoms with van der Waals surface area (Å²) in [6.45, 7) is 0. The van der Waals surface area contributed by atoms with E-state index in [-0.39, 0.29) is 11.8 Å². The molecule has 19 heavy (non-hydrogen) atoms. The first-order chi connectivity index (χ1) is 9.24. The molecule has 3 heteroatoms. The van der Waals surface area contributed by atoms with E-state index in [1.54, 1.807) is 12.1 Å². The van der Waals surface area contributed by atoms with Crippen LogP contribution in [0.3, 0.4) is 0 Å². The molecule has 1 aliphatic rings. The number of benzene rings is 2. The highest BCUT2D eigenvalue weighted by molar-refractivity contribution is 6.30. The zero-order chi connectivity index (χ0) is 13.2. The van der Waals surface area contributed by atoms with E-state index < -0.39 is 0 Å². The molecule has 1 aliphatic carbocycles. The van der Waals surface area contributed by atoms with Crippen LogP contribution >= 0.6 is 11.6 Å². The molecule has 96 valence electrons. The van der Waals surface area contributed by atoms with Crippen LogP contribution in [0.4, 0.5) is 5.69 Å². The Kier molecular flexibility index (Phi) is 3.26. The molecule has 0 radical (unpaired) electrons. The molecule has 2 aromatic carbocycles. The molecule has 2 atom stereocenters. The highest BCUT2D eigenvalue weighted by Crippen LogP contribution is 2.47. The Labute approximate surface area is 117 Å². The van der Waals surface area contributed by atoms with Crippen molar-refractivity contribution in [2.75, 3.05) is 5.32 Å². The Morgan fingerprint density at radius 3 is 2.42 bits per heavy atom. The molecule has 0 spiro atoms. The normalized spacial score (nSPS) is 20.9. The maximum atomic E-state index is 12.1. The smallest absolute Gasteiger partial charge is 0.228 e. The Hall–Kier alpha value is -1.80. The van der Waals surface area contributed by atoms with Crippen molar-refractivity contribution >= 4 is 23.2 Å². The number of rotatable bonds is 3. The van der Waals surface area contributed by atoms with Gasteiger partial charge in [-0.15, -0.1) is 0 Å². The van der Waals surface area contributed by atoms with E-state index in [9.17, 15) is 4.79 Å². The third kappa shape index (κ3) is 2.79. The van der Waals surface area contributed by atoms with Crippen LogP contribution in [-0.2, 0) is 4.79 Å². The number of carbonyl (C=O) groups is 1. The van der Waals surface area contributed by atoms with Crippen molar-refractivity contribution in [2.45, 2.75) is 12.3 Å². The van der Waals surface area contributed by atoms with Crippen molar-refractivity contribution in [1.82, 2.24) is 0 Å². The van der Waals surface area contributed by atoms with Crippen molar-refractivity contribution < 1.29 is 4.79 Å². The maximum Gasteiger partial charge on any atom is 0.228 e. The molecule has 0 aliphatic heterocycles. The van der Waals surface area contributed by atoms with Gasteiger partial charge in [0.15, 0.2) is 0 Å². The fourth-order valence-corrected chi connectivity index (χ4v) is 2.45. The highest BCUT2D eigenvalue weighted by atomic mass is 35.5. The second-order valence-corrected chi connectivity index (χ2v) is 5.29. The first-order valence-corrected chi connectivity index (χ1v) is 6.73.